The maximum Gasteiger partial charge on any atom is 0.139 e. The van der Waals surface area contributed by atoms with Gasteiger partial charge in [0.1, 0.15) is 5.75 Å². The summed E-state index contributed by atoms with van der Waals surface area (Å²) in [6, 6.07) is 10.1. The number of halogens is 1. The Morgan fingerprint density at radius 1 is 1.22 bits per heavy atom. The quantitative estimate of drug-likeness (QED) is 0.866. The lowest BCUT2D eigenvalue weighted by Crippen LogP contribution is -1.97. The molecule has 0 aliphatic heterocycles. The summed E-state index contributed by atoms with van der Waals surface area (Å²) in [5, 5.41) is 4.00. The van der Waals surface area contributed by atoms with Crippen molar-refractivity contribution >= 4 is 28.6 Å². The number of anilines is 1. The molecule has 0 fully saturated rings. The average Bonchev–Trinajstić information content (AvgIpc) is 2.86. The van der Waals surface area contributed by atoms with Crippen LogP contribution in [-0.2, 0) is 13.0 Å². The van der Waals surface area contributed by atoms with Gasteiger partial charge >= 0.3 is 0 Å². The molecule has 0 atom stereocenters. The Kier molecular flexibility index (Phi) is 4.50. The summed E-state index contributed by atoms with van der Waals surface area (Å²) in [7, 11) is 1.62. The van der Waals surface area contributed by atoms with Crippen LogP contribution in [0.15, 0.2) is 30.3 Å². The molecule has 0 aliphatic rings. The molecule has 1 heterocycles. The van der Waals surface area contributed by atoms with Gasteiger partial charge in [-0.2, -0.15) is 0 Å². The van der Waals surface area contributed by atoms with Crippen LogP contribution >= 0.6 is 22.9 Å². The molecule has 0 saturated carbocycles. The Balaban J connectivity index is 2.01. The normalized spacial score (nSPS) is 10.4. The Labute approximate surface area is 117 Å². The van der Waals surface area contributed by atoms with Crippen LogP contribution in [0.5, 0.6) is 5.75 Å². The second kappa shape index (κ2) is 6.12. The molecule has 0 unspecified atom stereocenters. The monoisotopic (exact) mass is 281 g/mol. The van der Waals surface area contributed by atoms with Gasteiger partial charge in [-0.3, -0.25) is 0 Å². The summed E-state index contributed by atoms with van der Waals surface area (Å²) < 4.78 is 5.19. The predicted octanol–water partition coefficient (Wildman–Crippen LogP) is 4.58. The highest BCUT2D eigenvalue weighted by Gasteiger charge is 2.03. The van der Waals surface area contributed by atoms with Gasteiger partial charge < -0.3 is 10.1 Å². The molecule has 0 amide bonds. The van der Waals surface area contributed by atoms with E-state index in [0.29, 0.717) is 10.8 Å². The minimum atomic E-state index is 0.632. The molecular formula is C14H16ClNOS. The first-order valence-electron chi connectivity index (χ1n) is 5.88. The summed E-state index contributed by atoms with van der Waals surface area (Å²) in [4.78, 5) is 2.75. The van der Waals surface area contributed by atoms with Crippen molar-refractivity contribution in [1.82, 2.24) is 0 Å². The molecule has 1 aromatic carbocycles. The first-order valence-corrected chi connectivity index (χ1v) is 7.07. The van der Waals surface area contributed by atoms with Crippen molar-refractivity contribution < 1.29 is 4.74 Å². The van der Waals surface area contributed by atoms with Crippen LogP contribution in [0.2, 0.25) is 5.02 Å². The number of hydrogen-bond acceptors (Lipinski definition) is 3. The molecule has 2 nitrogen and oxygen atoms in total. The lowest BCUT2D eigenvalue weighted by atomic mass is 10.3. The Morgan fingerprint density at radius 2 is 2.00 bits per heavy atom. The number of thiophene rings is 1. The number of benzene rings is 1. The van der Waals surface area contributed by atoms with Gasteiger partial charge in [0.25, 0.3) is 0 Å². The summed E-state index contributed by atoms with van der Waals surface area (Å²) in [6.45, 7) is 3.00. The van der Waals surface area contributed by atoms with Crippen molar-refractivity contribution in [1.29, 1.82) is 0 Å². The molecule has 0 radical (unpaired) electrons. The maximum absolute atomic E-state index is 5.98. The standard InChI is InChI=1S/C14H16ClNOS/c1-3-11-5-6-12(18-11)9-16-10-4-7-13(15)14(8-10)17-2/h4-8,16H,3,9H2,1-2H3. The zero-order chi connectivity index (χ0) is 13.0. The van der Waals surface area contributed by atoms with E-state index in [2.05, 4.69) is 24.4 Å². The van der Waals surface area contributed by atoms with E-state index >= 15 is 0 Å². The van der Waals surface area contributed by atoms with Crippen LogP contribution in [-0.4, -0.2) is 7.11 Å². The van der Waals surface area contributed by atoms with Gasteiger partial charge in [0.15, 0.2) is 0 Å². The molecule has 96 valence electrons. The van der Waals surface area contributed by atoms with Gasteiger partial charge in [-0.15, -0.1) is 11.3 Å². The first-order chi connectivity index (χ1) is 8.72. The van der Waals surface area contributed by atoms with E-state index in [4.69, 9.17) is 16.3 Å². The van der Waals surface area contributed by atoms with Crippen LogP contribution in [0.3, 0.4) is 0 Å². The van der Waals surface area contributed by atoms with Crippen molar-refractivity contribution in [3.05, 3.63) is 45.1 Å². The second-order valence-electron chi connectivity index (χ2n) is 3.92. The molecule has 0 saturated heterocycles. The summed E-state index contributed by atoms with van der Waals surface area (Å²) in [5.74, 6) is 0.696. The third-order valence-electron chi connectivity index (χ3n) is 2.68. The van der Waals surface area contributed by atoms with Crippen molar-refractivity contribution in [2.75, 3.05) is 12.4 Å². The van der Waals surface area contributed by atoms with Crippen LogP contribution < -0.4 is 10.1 Å². The molecule has 2 rings (SSSR count). The van der Waals surface area contributed by atoms with Gasteiger partial charge in [-0.05, 0) is 30.7 Å². The number of methoxy groups -OCH3 is 1. The number of hydrogen-bond donors (Lipinski definition) is 1. The van der Waals surface area contributed by atoms with E-state index < -0.39 is 0 Å². The highest BCUT2D eigenvalue weighted by Crippen LogP contribution is 2.28. The van der Waals surface area contributed by atoms with E-state index in [1.54, 1.807) is 7.11 Å². The summed E-state index contributed by atoms with van der Waals surface area (Å²) in [5.41, 5.74) is 1.02. The van der Waals surface area contributed by atoms with E-state index in [1.165, 1.54) is 9.75 Å². The zero-order valence-electron chi connectivity index (χ0n) is 10.5. The summed E-state index contributed by atoms with van der Waals surface area (Å²) in [6.07, 6.45) is 1.10. The molecular weight excluding hydrogens is 266 g/mol. The minimum absolute atomic E-state index is 0.632. The lowest BCUT2D eigenvalue weighted by Gasteiger charge is -2.08. The molecule has 0 spiro atoms. The third-order valence-corrected chi connectivity index (χ3v) is 4.23. The smallest absolute Gasteiger partial charge is 0.139 e. The van der Waals surface area contributed by atoms with Crippen LogP contribution in [0.1, 0.15) is 16.7 Å². The lowest BCUT2D eigenvalue weighted by molar-refractivity contribution is 0.415. The number of nitrogens with one attached hydrogen (secondary N) is 1. The van der Waals surface area contributed by atoms with E-state index in [9.17, 15) is 0 Å². The second-order valence-corrected chi connectivity index (χ2v) is 5.58. The number of aryl methyl sites for hydroxylation is 1. The molecule has 18 heavy (non-hydrogen) atoms. The van der Waals surface area contributed by atoms with Crippen LogP contribution in [0, 0.1) is 0 Å². The molecule has 2 aromatic rings. The largest absolute Gasteiger partial charge is 0.495 e. The molecule has 0 bridgehead atoms. The maximum atomic E-state index is 5.98. The molecule has 1 N–H and O–H groups in total. The van der Waals surface area contributed by atoms with Crippen LogP contribution in [0.25, 0.3) is 0 Å². The van der Waals surface area contributed by atoms with Gasteiger partial charge in [-0.25, -0.2) is 0 Å². The van der Waals surface area contributed by atoms with Crippen molar-refractivity contribution in [2.45, 2.75) is 19.9 Å². The van der Waals surface area contributed by atoms with E-state index in [1.807, 2.05) is 29.5 Å². The topological polar surface area (TPSA) is 21.3 Å². The van der Waals surface area contributed by atoms with Gasteiger partial charge in [-0.1, -0.05) is 18.5 Å². The van der Waals surface area contributed by atoms with Gasteiger partial charge in [0, 0.05) is 28.1 Å². The molecule has 1 aromatic heterocycles. The third kappa shape index (κ3) is 3.18. The SMILES string of the molecule is CCc1ccc(CNc2ccc(Cl)c(OC)c2)s1. The molecule has 4 heteroatoms. The van der Waals surface area contributed by atoms with E-state index in [0.717, 1.165) is 18.7 Å². The summed E-state index contributed by atoms with van der Waals surface area (Å²) >= 11 is 7.83. The average molecular weight is 282 g/mol. The fraction of sp³-hybridized carbons (Fsp3) is 0.286. The minimum Gasteiger partial charge on any atom is -0.495 e. The highest BCUT2D eigenvalue weighted by atomic mass is 35.5. The van der Waals surface area contributed by atoms with Crippen molar-refractivity contribution in [3.8, 4) is 5.75 Å². The fourth-order valence-electron chi connectivity index (χ4n) is 1.67. The van der Waals surface area contributed by atoms with Gasteiger partial charge in [0.2, 0.25) is 0 Å². The Bertz CT molecular complexity index is 524. The van der Waals surface area contributed by atoms with Crippen molar-refractivity contribution in [3.63, 3.8) is 0 Å². The van der Waals surface area contributed by atoms with Crippen molar-refractivity contribution in [2.24, 2.45) is 0 Å². The Morgan fingerprint density at radius 3 is 2.67 bits per heavy atom. The highest BCUT2D eigenvalue weighted by molar-refractivity contribution is 7.12. The fourth-order valence-corrected chi connectivity index (χ4v) is 2.76. The first kappa shape index (κ1) is 13.2. The number of ether oxygens (including phenoxy) is 1. The molecule has 0 aliphatic carbocycles. The van der Waals surface area contributed by atoms with E-state index in [-0.39, 0.29) is 0 Å². The predicted molar refractivity (Wildman–Crippen MR) is 79.0 cm³/mol. The van der Waals surface area contributed by atoms with Crippen LogP contribution in [0.4, 0.5) is 5.69 Å². The zero-order valence-corrected chi connectivity index (χ0v) is 12.1. The number of rotatable bonds is 5. The Hall–Kier alpha value is -1.19. The van der Waals surface area contributed by atoms with Gasteiger partial charge in [0.05, 0.1) is 12.1 Å².